The zero-order valence-corrected chi connectivity index (χ0v) is 15.8. The molecule has 3 aromatic rings. The monoisotopic (exact) mass is 425 g/mol. The number of hydrogen-bond donors (Lipinski definition) is 2. The molecule has 0 atom stereocenters. The first-order chi connectivity index (χ1) is 13.0. The Bertz CT molecular complexity index is 997. The summed E-state index contributed by atoms with van der Waals surface area (Å²) < 4.78 is 2.68. The number of rotatable bonds is 6. The average Bonchev–Trinajstić information content (AvgIpc) is 3.10. The summed E-state index contributed by atoms with van der Waals surface area (Å²) in [5.41, 5.74) is 3.36. The van der Waals surface area contributed by atoms with Gasteiger partial charge in [-0.25, -0.2) is 9.48 Å². The highest BCUT2D eigenvalue weighted by Gasteiger charge is 2.13. The van der Waals surface area contributed by atoms with Gasteiger partial charge in [-0.2, -0.15) is 5.10 Å². The first-order valence-corrected chi connectivity index (χ1v) is 8.91. The summed E-state index contributed by atoms with van der Waals surface area (Å²) in [6, 6.07) is 17.4. The number of nitrogens with zero attached hydrogens (tertiary/aromatic N) is 2. The van der Waals surface area contributed by atoms with Crippen molar-refractivity contribution in [2.75, 3.05) is 0 Å². The maximum atomic E-state index is 11.8. The third kappa shape index (κ3) is 4.92. The van der Waals surface area contributed by atoms with E-state index in [0.29, 0.717) is 0 Å². The molecule has 6 nitrogen and oxygen atoms in total. The number of carbonyl (C=O) groups is 2. The molecule has 1 aromatic heterocycles. The molecule has 0 spiro atoms. The van der Waals surface area contributed by atoms with E-state index in [2.05, 4.69) is 26.3 Å². The van der Waals surface area contributed by atoms with Gasteiger partial charge in [-0.05, 0) is 24.3 Å². The third-order valence-electron chi connectivity index (χ3n) is 3.74. The van der Waals surface area contributed by atoms with Crippen LogP contribution in [0.3, 0.4) is 0 Å². The normalized spacial score (nSPS) is 10.9. The number of para-hydroxylation sites is 1. The van der Waals surface area contributed by atoms with Crippen molar-refractivity contribution in [3.8, 4) is 16.9 Å². The smallest absolute Gasteiger partial charge is 0.328 e. The van der Waals surface area contributed by atoms with Crippen LogP contribution in [-0.4, -0.2) is 26.8 Å². The number of carboxylic acids is 1. The number of carboxylic acid groups (broad SMARTS) is 1. The minimum atomic E-state index is -1.17. The van der Waals surface area contributed by atoms with E-state index in [9.17, 15) is 9.59 Å². The molecule has 0 aliphatic heterocycles. The van der Waals surface area contributed by atoms with Gasteiger partial charge >= 0.3 is 5.97 Å². The lowest BCUT2D eigenvalue weighted by Crippen LogP contribution is -2.20. The molecule has 2 N–H and O–H groups in total. The van der Waals surface area contributed by atoms with Gasteiger partial charge in [-0.3, -0.25) is 4.79 Å². The van der Waals surface area contributed by atoms with Crippen LogP contribution in [0.2, 0.25) is 0 Å². The maximum Gasteiger partial charge on any atom is 0.328 e. The Balaban J connectivity index is 1.92. The maximum absolute atomic E-state index is 11.8. The largest absolute Gasteiger partial charge is 0.478 e. The summed E-state index contributed by atoms with van der Waals surface area (Å²) in [7, 11) is 0. The molecule has 0 fully saturated rings. The number of carbonyl (C=O) groups excluding carboxylic acids is 1. The topological polar surface area (TPSA) is 84.2 Å². The van der Waals surface area contributed by atoms with Crippen LogP contribution in [0.1, 0.15) is 5.56 Å². The van der Waals surface area contributed by atoms with Gasteiger partial charge in [0, 0.05) is 40.5 Å². The molecule has 27 heavy (non-hydrogen) atoms. The van der Waals surface area contributed by atoms with E-state index in [1.165, 1.54) is 0 Å². The molecule has 1 amide bonds. The fourth-order valence-corrected chi connectivity index (χ4v) is 2.92. The van der Waals surface area contributed by atoms with Crippen LogP contribution in [0.25, 0.3) is 16.9 Å². The first kappa shape index (κ1) is 18.6. The molecular formula is C20H16BrN3O3. The van der Waals surface area contributed by atoms with Gasteiger partial charge < -0.3 is 10.4 Å². The highest BCUT2D eigenvalue weighted by atomic mass is 79.9. The Kier molecular flexibility index (Phi) is 5.83. The lowest BCUT2D eigenvalue weighted by molar-refractivity contribution is -0.131. The standard InChI is InChI=1S/C20H16BrN3O3/c21-16-6-4-5-14(11-16)20-15(12-22-18(25)9-10-19(26)27)13-24(23-20)17-7-2-1-3-8-17/h1-11,13H,12H2,(H,22,25)(H,26,27). The second kappa shape index (κ2) is 8.46. The molecule has 0 radical (unpaired) electrons. The number of aliphatic carboxylic acids is 1. The van der Waals surface area contributed by atoms with Crippen molar-refractivity contribution in [1.29, 1.82) is 0 Å². The molecule has 1 heterocycles. The van der Waals surface area contributed by atoms with Gasteiger partial charge in [-0.15, -0.1) is 0 Å². The molecule has 0 unspecified atom stereocenters. The van der Waals surface area contributed by atoms with E-state index < -0.39 is 11.9 Å². The predicted octanol–water partition coefficient (Wildman–Crippen LogP) is 3.56. The van der Waals surface area contributed by atoms with Crippen molar-refractivity contribution in [3.63, 3.8) is 0 Å². The SMILES string of the molecule is O=C(O)C=CC(=O)NCc1cn(-c2ccccc2)nc1-c1cccc(Br)c1. The second-order valence-electron chi connectivity index (χ2n) is 5.68. The molecule has 0 saturated heterocycles. The van der Waals surface area contributed by atoms with Crippen molar-refractivity contribution in [2.24, 2.45) is 0 Å². The van der Waals surface area contributed by atoms with Crippen LogP contribution >= 0.6 is 15.9 Å². The number of nitrogens with one attached hydrogen (secondary N) is 1. The highest BCUT2D eigenvalue weighted by Crippen LogP contribution is 2.26. The van der Waals surface area contributed by atoms with Crippen molar-refractivity contribution >= 4 is 27.8 Å². The van der Waals surface area contributed by atoms with Crippen LogP contribution in [0.5, 0.6) is 0 Å². The number of aromatic nitrogens is 2. The van der Waals surface area contributed by atoms with Gasteiger partial charge in [0.05, 0.1) is 11.4 Å². The lowest BCUT2D eigenvalue weighted by Gasteiger charge is -2.04. The zero-order valence-electron chi connectivity index (χ0n) is 14.2. The minimum Gasteiger partial charge on any atom is -0.478 e. The Morgan fingerprint density at radius 3 is 2.59 bits per heavy atom. The number of halogens is 1. The summed E-state index contributed by atoms with van der Waals surface area (Å²) >= 11 is 3.46. The Hall–Kier alpha value is -3.19. The molecule has 0 aliphatic carbocycles. The number of amides is 1. The predicted molar refractivity (Wildman–Crippen MR) is 105 cm³/mol. The summed E-state index contributed by atoms with van der Waals surface area (Å²) in [6.07, 6.45) is 3.65. The molecule has 0 saturated carbocycles. The molecular weight excluding hydrogens is 410 g/mol. The third-order valence-corrected chi connectivity index (χ3v) is 4.23. The van der Waals surface area contributed by atoms with E-state index in [1.807, 2.05) is 60.8 Å². The molecule has 0 bridgehead atoms. The number of benzene rings is 2. The van der Waals surface area contributed by atoms with Gasteiger partial charge in [0.2, 0.25) is 5.91 Å². The van der Waals surface area contributed by atoms with E-state index in [-0.39, 0.29) is 6.54 Å². The zero-order chi connectivity index (χ0) is 19.2. The summed E-state index contributed by atoms with van der Waals surface area (Å²) in [5, 5.41) is 16.0. The van der Waals surface area contributed by atoms with Crippen molar-refractivity contribution in [1.82, 2.24) is 15.1 Å². The fraction of sp³-hybridized carbons (Fsp3) is 0.0500. The van der Waals surface area contributed by atoms with Crippen LogP contribution in [-0.2, 0) is 16.1 Å². The first-order valence-electron chi connectivity index (χ1n) is 8.11. The molecule has 2 aromatic carbocycles. The Morgan fingerprint density at radius 1 is 1.11 bits per heavy atom. The van der Waals surface area contributed by atoms with E-state index in [0.717, 1.165) is 39.1 Å². The van der Waals surface area contributed by atoms with E-state index in [1.54, 1.807) is 4.68 Å². The van der Waals surface area contributed by atoms with Crippen molar-refractivity contribution < 1.29 is 14.7 Å². The second-order valence-corrected chi connectivity index (χ2v) is 6.60. The van der Waals surface area contributed by atoms with Crippen molar-refractivity contribution in [3.05, 3.63) is 83.0 Å². The van der Waals surface area contributed by atoms with E-state index >= 15 is 0 Å². The molecule has 136 valence electrons. The lowest BCUT2D eigenvalue weighted by atomic mass is 10.1. The van der Waals surface area contributed by atoms with Gasteiger partial charge in [0.15, 0.2) is 0 Å². The summed E-state index contributed by atoms with van der Waals surface area (Å²) in [5.74, 6) is -1.65. The van der Waals surface area contributed by atoms with Crippen LogP contribution in [0, 0.1) is 0 Å². The Morgan fingerprint density at radius 2 is 1.89 bits per heavy atom. The van der Waals surface area contributed by atoms with Crippen LogP contribution in [0.15, 0.2) is 77.4 Å². The summed E-state index contributed by atoms with van der Waals surface area (Å²) in [4.78, 5) is 22.3. The number of hydrogen-bond acceptors (Lipinski definition) is 3. The summed E-state index contributed by atoms with van der Waals surface area (Å²) in [6.45, 7) is 0.220. The fourth-order valence-electron chi connectivity index (χ4n) is 2.52. The highest BCUT2D eigenvalue weighted by molar-refractivity contribution is 9.10. The molecule has 0 aliphatic rings. The van der Waals surface area contributed by atoms with E-state index in [4.69, 9.17) is 5.11 Å². The Labute approximate surface area is 164 Å². The molecule has 7 heteroatoms. The van der Waals surface area contributed by atoms with Gasteiger partial charge in [-0.1, -0.05) is 46.3 Å². The van der Waals surface area contributed by atoms with Crippen LogP contribution in [0.4, 0.5) is 0 Å². The van der Waals surface area contributed by atoms with Gasteiger partial charge in [0.1, 0.15) is 0 Å². The minimum absolute atomic E-state index is 0.220. The van der Waals surface area contributed by atoms with Crippen molar-refractivity contribution in [2.45, 2.75) is 6.54 Å². The van der Waals surface area contributed by atoms with Crippen LogP contribution < -0.4 is 5.32 Å². The average molecular weight is 426 g/mol. The van der Waals surface area contributed by atoms with Gasteiger partial charge in [0.25, 0.3) is 0 Å². The molecule has 3 rings (SSSR count). The quantitative estimate of drug-likeness (QED) is 0.591.